The van der Waals surface area contributed by atoms with Gasteiger partial charge in [0.15, 0.2) is 0 Å². The van der Waals surface area contributed by atoms with Gasteiger partial charge in [-0.2, -0.15) is 0 Å². The van der Waals surface area contributed by atoms with Crippen molar-refractivity contribution in [3.05, 3.63) is 54.2 Å². The molecule has 0 spiro atoms. The first-order valence-corrected chi connectivity index (χ1v) is 6.99. The second-order valence-corrected chi connectivity index (χ2v) is 5.36. The molecule has 1 aromatic heterocycles. The van der Waals surface area contributed by atoms with Gasteiger partial charge >= 0.3 is 0 Å². The molecule has 4 heteroatoms. The van der Waals surface area contributed by atoms with Gasteiger partial charge in [0, 0.05) is 11.1 Å². The second-order valence-electron chi connectivity index (χ2n) is 3.14. The number of nitrogens with zero attached hydrogens (tertiary/aromatic N) is 1. The molecule has 0 aliphatic rings. The minimum Gasteiger partial charge on any atom is -0.392 e. The van der Waals surface area contributed by atoms with Gasteiger partial charge < -0.3 is 5.11 Å². The summed E-state index contributed by atoms with van der Waals surface area (Å²) in [6, 6.07) is 13.7. The number of hydrogen-bond acceptors (Lipinski definition) is 4. The Balaban J connectivity index is 1.94. The van der Waals surface area contributed by atoms with Crippen LogP contribution < -0.4 is 0 Å². The lowest BCUT2D eigenvalue weighted by molar-refractivity contribution is 0.282. The third-order valence-corrected chi connectivity index (χ3v) is 4.27. The average molecular weight is 249 g/mol. The van der Waals surface area contributed by atoms with Gasteiger partial charge in [0.05, 0.1) is 6.61 Å². The number of rotatable bonds is 4. The van der Waals surface area contributed by atoms with E-state index in [-0.39, 0.29) is 6.61 Å². The van der Waals surface area contributed by atoms with Gasteiger partial charge in [0.1, 0.15) is 5.03 Å². The lowest BCUT2D eigenvalue weighted by Gasteiger charge is -2.01. The Morgan fingerprint density at radius 2 is 1.81 bits per heavy atom. The maximum atomic E-state index is 8.91. The Morgan fingerprint density at radius 3 is 2.44 bits per heavy atom. The van der Waals surface area contributed by atoms with Gasteiger partial charge in [-0.25, -0.2) is 4.98 Å². The minimum absolute atomic E-state index is 0.0956. The largest absolute Gasteiger partial charge is 0.392 e. The maximum Gasteiger partial charge on any atom is 0.107 e. The number of hydrogen-bond donors (Lipinski definition) is 1. The van der Waals surface area contributed by atoms with E-state index in [1.807, 2.05) is 42.5 Å². The van der Waals surface area contributed by atoms with Crippen LogP contribution in [-0.2, 0) is 6.61 Å². The van der Waals surface area contributed by atoms with E-state index in [1.165, 1.54) is 0 Å². The summed E-state index contributed by atoms with van der Waals surface area (Å²) in [5.41, 5.74) is 0.937. The normalized spacial score (nSPS) is 10.3. The molecule has 0 saturated heterocycles. The number of pyridine rings is 1. The Morgan fingerprint density at radius 1 is 1.00 bits per heavy atom. The Bertz CT molecular complexity index is 431. The molecular weight excluding hydrogens is 238 g/mol. The quantitative estimate of drug-likeness (QED) is 0.842. The van der Waals surface area contributed by atoms with Crippen LogP contribution >= 0.6 is 21.6 Å². The molecule has 1 N–H and O–H groups in total. The molecule has 2 aromatic rings. The summed E-state index contributed by atoms with van der Waals surface area (Å²) in [7, 11) is 3.30. The first-order chi connectivity index (χ1) is 7.88. The van der Waals surface area contributed by atoms with Crippen molar-refractivity contribution in [3.63, 3.8) is 0 Å². The SMILES string of the molecule is OCc1ccc(SSc2ccccn2)cc1. The highest BCUT2D eigenvalue weighted by molar-refractivity contribution is 8.76. The molecule has 0 amide bonds. The van der Waals surface area contributed by atoms with E-state index in [1.54, 1.807) is 27.8 Å². The zero-order valence-corrected chi connectivity index (χ0v) is 10.2. The number of aliphatic hydroxyl groups is 1. The van der Waals surface area contributed by atoms with Crippen molar-refractivity contribution in [1.82, 2.24) is 4.98 Å². The van der Waals surface area contributed by atoms with Crippen molar-refractivity contribution in [2.24, 2.45) is 0 Å². The minimum atomic E-state index is 0.0956. The van der Waals surface area contributed by atoms with Gasteiger partial charge in [-0.3, -0.25) is 0 Å². The fraction of sp³-hybridized carbons (Fsp3) is 0.0833. The molecule has 82 valence electrons. The zero-order chi connectivity index (χ0) is 11.2. The van der Waals surface area contributed by atoms with Crippen LogP contribution in [-0.4, -0.2) is 10.1 Å². The lowest BCUT2D eigenvalue weighted by Crippen LogP contribution is -1.80. The van der Waals surface area contributed by atoms with Crippen molar-refractivity contribution < 1.29 is 5.11 Å². The highest BCUT2D eigenvalue weighted by atomic mass is 33.1. The fourth-order valence-corrected chi connectivity index (χ4v) is 2.98. The molecule has 0 fully saturated rings. The summed E-state index contributed by atoms with van der Waals surface area (Å²) in [6.07, 6.45) is 1.79. The third-order valence-electron chi connectivity index (χ3n) is 1.97. The number of benzene rings is 1. The van der Waals surface area contributed by atoms with Crippen molar-refractivity contribution in [1.29, 1.82) is 0 Å². The van der Waals surface area contributed by atoms with Gasteiger partial charge in [0.2, 0.25) is 0 Å². The highest BCUT2D eigenvalue weighted by Crippen LogP contribution is 2.35. The molecule has 0 saturated carbocycles. The van der Waals surface area contributed by atoms with Crippen LogP contribution in [0, 0.1) is 0 Å². The third kappa shape index (κ3) is 3.27. The van der Waals surface area contributed by atoms with E-state index in [4.69, 9.17) is 5.11 Å². The van der Waals surface area contributed by atoms with Crippen LogP contribution in [0.25, 0.3) is 0 Å². The van der Waals surface area contributed by atoms with Crippen LogP contribution in [0.5, 0.6) is 0 Å². The van der Waals surface area contributed by atoms with Gasteiger partial charge in [-0.05, 0) is 40.6 Å². The maximum absolute atomic E-state index is 8.91. The molecule has 0 atom stereocenters. The molecule has 0 unspecified atom stereocenters. The Hall–Kier alpha value is -0.970. The van der Waals surface area contributed by atoms with Gasteiger partial charge in [0.25, 0.3) is 0 Å². The van der Waals surface area contributed by atoms with Crippen LogP contribution in [0.4, 0.5) is 0 Å². The van der Waals surface area contributed by atoms with Crippen LogP contribution in [0.2, 0.25) is 0 Å². The predicted octanol–water partition coefficient (Wildman–Crippen LogP) is 3.37. The standard InChI is InChI=1S/C12H11NOS2/c14-9-10-4-6-11(7-5-10)15-16-12-3-1-2-8-13-12/h1-8,14H,9H2. The zero-order valence-electron chi connectivity index (χ0n) is 8.54. The molecule has 2 rings (SSSR count). The predicted molar refractivity (Wildman–Crippen MR) is 68.3 cm³/mol. The summed E-state index contributed by atoms with van der Waals surface area (Å²) in [4.78, 5) is 5.39. The molecule has 0 radical (unpaired) electrons. The van der Waals surface area contributed by atoms with E-state index < -0.39 is 0 Å². The van der Waals surface area contributed by atoms with Crippen LogP contribution in [0.15, 0.2) is 58.6 Å². The van der Waals surface area contributed by atoms with Gasteiger partial charge in [-0.1, -0.05) is 29.0 Å². The van der Waals surface area contributed by atoms with E-state index in [2.05, 4.69) is 4.98 Å². The molecule has 0 bridgehead atoms. The first kappa shape index (κ1) is 11.5. The topological polar surface area (TPSA) is 33.1 Å². The highest BCUT2D eigenvalue weighted by Gasteiger charge is 1.98. The molecule has 1 aromatic carbocycles. The van der Waals surface area contributed by atoms with Crippen molar-refractivity contribution >= 4 is 21.6 Å². The summed E-state index contributed by atoms with van der Waals surface area (Å²) in [5.74, 6) is 0. The van der Waals surface area contributed by atoms with E-state index in [0.29, 0.717) is 0 Å². The van der Waals surface area contributed by atoms with Crippen molar-refractivity contribution in [3.8, 4) is 0 Å². The Kier molecular flexibility index (Phi) is 4.27. The summed E-state index contributed by atoms with van der Waals surface area (Å²) >= 11 is 0. The van der Waals surface area contributed by atoms with Gasteiger partial charge in [-0.15, -0.1) is 0 Å². The summed E-state index contributed by atoms with van der Waals surface area (Å²) in [6.45, 7) is 0.0956. The number of aliphatic hydroxyl groups excluding tert-OH is 1. The van der Waals surface area contributed by atoms with Crippen LogP contribution in [0.3, 0.4) is 0 Å². The second kappa shape index (κ2) is 5.94. The van der Waals surface area contributed by atoms with Crippen molar-refractivity contribution in [2.75, 3.05) is 0 Å². The van der Waals surface area contributed by atoms with Crippen molar-refractivity contribution in [2.45, 2.75) is 16.5 Å². The summed E-state index contributed by atoms with van der Waals surface area (Å²) < 4.78 is 0. The number of aromatic nitrogens is 1. The molecular formula is C12H11NOS2. The molecule has 2 nitrogen and oxygen atoms in total. The lowest BCUT2D eigenvalue weighted by atomic mass is 10.2. The van der Waals surface area contributed by atoms with E-state index in [9.17, 15) is 0 Å². The van der Waals surface area contributed by atoms with E-state index in [0.717, 1.165) is 15.5 Å². The average Bonchev–Trinajstić information content (AvgIpc) is 2.38. The molecule has 16 heavy (non-hydrogen) atoms. The summed E-state index contributed by atoms with van der Waals surface area (Å²) in [5, 5.41) is 9.91. The smallest absolute Gasteiger partial charge is 0.107 e. The Labute approximate surface area is 103 Å². The molecule has 0 aliphatic carbocycles. The monoisotopic (exact) mass is 249 g/mol. The molecule has 1 heterocycles. The molecule has 0 aliphatic heterocycles. The fourth-order valence-electron chi connectivity index (χ4n) is 1.14. The first-order valence-electron chi connectivity index (χ1n) is 4.84. The van der Waals surface area contributed by atoms with Crippen LogP contribution in [0.1, 0.15) is 5.56 Å². The van der Waals surface area contributed by atoms with E-state index >= 15 is 0 Å².